The number of nitrogens with zero attached hydrogens (tertiary/aromatic N) is 3. The molecular weight excluding hydrogens is 392 g/mol. The molecule has 3 heterocycles. The predicted molar refractivity (Wildman–Crippen MR) is 120 cm³/mol. The van der Waals surface area contributed by atoms with Crippen molar-refractivity contribution in [3.8, 4) is 22.4 Å². The molecule has 0 aliphatic rings. The van der Waals surface area contributed by atoms with Crippen LogP contribution in [0.5, 0.6) is 0 Å². The quantitative estimate of drug-likeness (QED) is 0.442. The van der Waals surface area contributed by atoms with Gasteiger partial charge in [-0.2, -0.15) is 0 Å². The van der Waals surface area contributed by atoms with Gasteiger partial charge in [0.05, 0.1) is 23.3 Å². The number of H-pyrrole nitrogens is 1. The molecule has 4 aromatic rings. The molecule has 0 aliphatic carbocycles. The van der Waals surface area contributed by atoms with Crippen molar-refractivity contribution in [3.05, 3.63) is 60.6 Å². The number of rotatable bonds is 5. The Bertz CT molecular complexity index is 1230. The van der Waals surface area contributed by atoms with Gasteiger partial charge in [-0.1, -0.05) is 6.07 Å². The molecule has 0 saturated heterocycles. The summed E-state index contributed by atoms with van der Waals surface area (Å²) in [5, 5.41) is 2.63. The maximum Gasteiger partial charge on any atom is 0.413 e. The third-order valence-corrected chi connectivity index (χ3v) is 4.86. The first kappa shape index (κ1) is 20.5. The van der Waals surface area contributed by atoms with Crippen LogP contribution in [0.4, 0.5) is 10.7 Å². The number of pyridine rings is 2. The van der Waals surface area contributed by atoms with Crippen molar-refractivity contribution in [1.29, 1.82) is 0 Å². The number of carbonyl (C=O) groups excluding carboxylic acids is 1. The number of ether oxygens (including phenoxy) is 1. The van der Waals surface area contributed by atoms with E-state index >= 15 is 0 Å². The lowest BCUT2D eigenvalue weighted by molar-refractivity contribution is 0.167. The second-order valence-corrected chi connectivity index (χ2v) is 7.74. The molecule has 0 bridgehead atoms. The van der Waals surface area contributed by atoms with Gasteiger partial charge < -0.3 is 15.5 Å². The normalized spacial score (nSPS) is 11.5. The molecule has 0 aliphatic heterocycles. The number of amides is 1. The van der Waals surface area contributed by atoms with E-state index in [0.717, 1.165) is 33.5 Å². The fourth-order valence-electron chi connectivity index (χ4n) is 3.31. The predicted octanol–water partition coefficient (Wildman–Crippen LogP) is 4.45. The number of hydrogen-bond acceptors (Lipinski definition) is 6. The van der Waals surface area contributed by atoms with Crippen molar-refractivity contribution in [3.63, 3.8) is 0 Å². The molecule has 158 valence electrons. The number of nitrogens with one attached hydrogen (secondary N) is 2. The second-order valence-electron chi connectivity index (χ2n) is 7.74. The number of fused-ring (bicyclic) bond motifs is 1. The first-order valence-corrected chi connectivity index (χ1v) is 9.99. The van der Waals surface area contributed by atoms with E-state index in [2.05, 4.69) is 25.3 Å². The Labute approximate surface area is 179 Å². The fourth-order valence-corrected chi connectivity index (χ4v) is 3.31. The summed E-state index contributed by atoms with van der Waals surface area (Å²) in [6.07, 6.45) is 4.70. The summed E-state index contributed by atoms with van der Waals surface area (Å²) < 4.78 is 4.96. The lowest BCUT2D eigenvalue weighted by atomic mass is 9.94. The average Bonchev–Trinajstić information content (AvgIpc) is 3.15. The summed E-state index contributed by atoms with van der Waals surface area (Å²) in [6, 6.07) is 11.7. The number of anilines is 1. The summed E-state index contributed by atoms with van der Waals surface area (Å²) in [7, 11) is 0. The summed E-state index contributed by atoms with van der Waals surface area (Å²) in [4.78, 5) is 28.4. The highest BCUT2D eigenvalue weighted by atomic mass is 16.5. The Hall–Kier alpha value is -3.78. The molecule has 0 radical (unpaired) electrons. The first-order chi connectivity index (χ1) is 14.8. The Morgan fingerprint density at radius 1 is 1.19 bits per heavy atom. The maximum absolute atomic E-state index is 11.9. The average molecular weight is 416 g/mol. The number of imidazole rings is 1. The number of aromatic amines is 1. The van der Waals surface area contributed by atoms with Crippen molar-refractivity contribution < 1.29 is 9.53 Å². The number of nitrogens with two attached hydrogens (primary N) is 1. The van der Waals surface area contributed by atoms with E-state index in [1.807, 2.05) is 50.2 Å². The fraction of sp³-hybridized carbons (Fsp3) is 0.217. The molecule has 31 heavy (non-hydrogen) atoms. The number of carbonyl (C=O) groups is 1. The van der Waals surface area contributed by atoms with E-state index in [4.69, 9.17) is 10.5 Å². The molecule has 4 N–H and O–H groups in total. The van der Waals surface area contributed by atoms with E-state index < -0.39 is 11.6 Å². The van der Waals surface area contributed by atoms with Crippen LogP contribution in [0.3, 0.4) is 0 Å². The van der Waals surface area contributed by atoms with Crippen molar-refractivity contribution >= 4 is 23.1 Å². The van der Waals surface area contributed by atoms with Crippen LogP contribution in [-0.2, 0) is 10.3 Å². The topological polar surface area (TPSA) is 119 Å². The highest BCUT2D eigenvalue weighted by Gasteiger charge is 2.18. The minimum Gasteiger partial charge on any atom is -0.450 e. The maximum atomic E-state index is 11.9. The van der Waals surface area contributed by atoms with Crippen LogP contribution in [-0.4, -0.2) is 32.6 Å². The number of hydrogen-bond donors (Lipinski definition) is 3. The Morgan fingerprint density at radius 2 is 2.03 bits per heavy atom. The van der Waals surface area contributed by atoms with Gasteiger partial charge in [0.1, 0.15) is 0 Å². The van der Waals surface area contributed by atoms with Gasteiger partial charge >= 0.3 is 6.09 Å². The molecule has 0 saturated carbocycles. The largest absolute Gasteiger partial charge is 0.450 e. The van der Waals surface area contributed by atoms with Crippen LogP contribution in [0.2, 0.25) is 0 Å². The highest BCUT2D eigenvalue weighted by Crippen LogP contribution is 2.34. The number of aromatic nitrogens is 4. The molecule has 3 aromatic heterocycles. The molecule has 1 aromatic carbocycles. The van der Waals surface area contributed by atoms with E-state index in [9.17, 15) is 4.79 Å². The minimum atomic E-state index is -0.569. The Balaban J connectivity index is 1.89. The van der Waals surface area contributed by atoms with Crippen molar-refractivity contribution in [1.82, 2.24) is 19.9 Å². The summed E-state index contributed by atoms with van der Waals surface area (Å²) in [6.45, 7) is 5.91. The number of benzene rings is 1. The van der Waals surface area contributed by atoms with Crippen LogP contribution in [0.15, 0.2) is 55.0 Å². The summed E-state index contributed by atoms with van der Waals surface area (Å²) >= 11 is 0. The molecule has 4 rings (SSSR count). The van der Waals surface area contributed by atoms with E-state index in [-0.39, 0.29) is 6.61 Å². The minimum absolute atomic E-state index is 0.272. The van der Waals surface area contributed by atoms with E-state index in [1.165, 1.54) is 0 Å². The van der Waals surface area contributed by atoms with Gasteiger partial charge in [0, 0.05) is 35.3 Å². The Morgan fingerprint density at radius 3 is 2.74 bits per heavy atom. The molecule has 0 unspecified atom stereocenters. The zero-order chi connectivity index (χ0) is 22.0. The molecule has 0 spiro atoms. The molecular formula is C23H24N6O2. The lowest BCUT2D eigenvalue weighted by Crippen LogP contribution is -2.28. The third-order valence-electron chi connectivity index (χ3n) is 4.86. The Kier molecular flexibility index (Phi) is 5.39. The molecule has 0 fully saturated rings. The first-order valence-electron chi connectivity index (χ1n) is 9.99. The summed E-state index contributed by atoms with van der Waals surface area (Å²) in [5.74, 6) is 0.299. The van der Waals surface area contributed by atoms with Crippen LogP contribution in [0.25, 0.3) is 33.4 Å². The van der Waals surface area contributed by atoms with Gasteiger partial charge in [0.15, 0.2) is 0 Å². The van der Waals surface area contributed by atoms with Crippen LogP contribution in [0.1, 0.15) is 26.3 Å². The molecule has 8 nitrogen and oxygen atoms in total. The SMILES string of the molecule is CCOC(=O)Nc1nc2c(-c3cc(C(C)(C)N)ccn3)cc(-c3cccnc3)cc2[nH]1. The van der Waals surface area contributed by atoms with Crippen molar-refractivity contribution in [2.45, 2.75) is 26.3 Å². The smallest absolute Gasteiger partial charge is 0.413 e. The molecule has 1 amide bonds. The van der Waals surface area contributed by atoms with Crippen LogP contribution in [0, 0.1) is 0 Å². The van der Waals surface area contributed by atoms with E-state index in [0.29, 0.717) is 11.5 Å². The highest BCUT2D eigenvalue weighted by molar-refractivity contribution is 5.97. The van der Waals surface area contributed by atoms with Crippen molar-refractivity contribution in [2.75, 3.05) is 11.9 Å². The van der Waals surface area contributed by atoms with Gasteiger partial charge in [-0.05, 0) is 62.2 Å². The zero-order valence-corrected chi connectivity index (χ0v) is 17.6. The third kappa shape index (κ3) is 4.39. The van der Waals surface area contributed by atoms with E-state index in [1.54, 1.807) is 25.5 Å². The van der Waals surface area contributed by atoms with Gasteiger partial charge in [0.25, 0.3) is 0 Å². The van der Waals surface area contributed by atoms with Gasteiger partial charge in [0.2, 0.25) is 5.95 Å². The summed E-state index contributed by atoms with van der Waals surface area (Å²) in [5.41, 5.74) is 11.6. The van der Waals surface area contributed by atoms with Crippen LogP contribution >= 0.6 is 0 Å². The van der Waals surface area contributed by atoms with Gasteiger partial charge in [-0.15, -0.1) is 0 Å². The standard InChI is InChI=1S/C23H24N6O2/c1-4-31-22(30)29-21-27-19-11-15(14-6-5-8-25-13-14)10-17(20(19)28-21)18-12-16(7-9-26-18)23(2,3)24/h5-13H,4,24H2,1-3H3,(H2,27,28,29,30). The lowest BCUT2D eigenvalue weighted by Gasteiger charge is -2.19. The molecule has 0 atom stereocenters. The van der Waals surface area contributed by atoms with Gasteiger partial charge in [-0.25, -0.2) is 9.78 Å². The zero-order valence-electron chi connectivity index (χ0n) is 17.6. The second kappa shape index (κ2) is 8.16. The van der Waals surface area contributed by atoms with Gasteiger partial charge in [-0.3, -0.25) is 15.3 Å². The molecule has 8 heteroatoms. The van der Waals surface area contributed by atoms with Crippen LogP contribution < -0.4 is 11.1 Å². The van der Waals surface area contributed by atoms with Crippen molar-refractivity contribution in [2.24, 2.45) is 5.73 Å². The monoisotopic (exact) mass is 416 g/mol.